The van der Waals surface area contributed by atoms with Crippen LogP contribution < -0.4 is 9.64 Å². The zero-order valence-corrected chi connectivity index (χ0v) is 26.1. The summed E-state index contributed by atoms with van der Waals surface area (Å²) in [5.41, 5.74) is 0.648. The number of benzene rings is 2. The van der Waals surface area contributed by atoms with E-state index in [1.165, 1.54) is 18.1 Å². The molecule has 3 heterocycles. The Balaban J connectivity index is 1.30. The lowest BCUT2D eigenvalue weighted by Crippen LogP contribution is -2.42. The zero-order valence-electron chi connectivity index (χ0n) is 26.1. The molecular weight excluding hydrogens is 606 g/mol. The van der Waals surface area contributed by atoms with Gasteiger partial charge in [0.15, 0.2) is 0 Å². The van der Waals surface area contributed by atoms with Crippen molar-refractivity contribution in [1.82, 2.24) is 9.80 Å². The van der Waals surface area contributed by atoms with Gasteiger partial charge in [0.05, 0.1) is 37.0 Å². The average Bonchev–Trinajstić information content (AvgIpc) is 3.61. The summed E-state index contributed by atoms with van der Waals surface area (Å²) in [5, 5.41) is 9.44. The van der Waals surface area contributed by atoms with Crippen LogP contribution in [-0.2, 0) is 20.5 Å². The number of methoxy groups -OCH3 is 2. The fourth-order valence-corrected chi connectivity index (χ4v) is 7.71. The van der Waals surface area contributed by atoms with Crippen molar-refractivity contribution in [1.29, 1.82) is 0 Å². The number of aliphatic carboxylic acids is 1. The number of carbonyl (C=O) groups excluding carboxylic acids is 1. The smallest absolute Gasteiger partial charge is 0.416 e. The number of carboxylic acids is 1. The Morgan fingerprint density at radius 2 is 1.65 bits per heavy atom. The van der Waals surface area contributed by atoms with Gasteiger partial charge < -0.3 is 24.4 Å². The Bertz CT molecular complexity index is 1430. The van der Waals surface area contributed by atoms with E-state index < -0.39 is 41.3 Å². The number of likely N-dealkylation sites (tertiary alicyclic amines) is 2. The van der Waals surface area contributed by atoms with Crippen LogP contribution in [0.2, 0.25) is 0 Å². The quantitative estimate of drug-likeness (QED) is 0.378. The molecule has 4 atom stereocenters. The Morgan fingerprint density at radius 1 is 0.957 bits per heavy atom. The summed E-state index contributed by atoms with van der Waals surface area (Å²) < 4.78 is 69.0. The van der Waals surface area contributed by atoms with E-state index >= 15 is 4.39 Å². The Labute approximate surface area is 266 Å². The number of carboxylic acid groups (broad SMARTS) is 1. The molecule has 46 heavy (non-hydrogen) atoms. The van der Waals surface area contributed by atoms with Crippen molar-refractivity contribution in [2.45, 2.75) is 62.0 Å². The van der Waals surface area contributed by atoms with Gasteiger partial charge in [-0.1, -0.05) is 24.6 Å². The normalized spacial score (nSPS) is 28.0. The van der Waals surface area contributed by atoms with Crippen LogP contribution >= 0.6 is 0 Å². The van der Waals surface area contributed by atoms with Crippen LogP contribution in [0.5, 0.6) is 5.75 Å². The van der Waals surface area contributed by atoms with E-state index in [2.05, 4.69) is 4.90 Å². The first-order valence-electron chi connectivity index (χ1n) is 16.0. The van der Waals surface area contributed by atoms with Gasteiger partial charge in [0, 0.05) is 57.5 Å². The molecule has 1 saturated carbocycles. The molecule has 1 amide bonds. The van der Waals surface area contributed by atoms with Crippen molar-refractivity contribution in [2.24, 2.45) is 11.8 Å². The van der Waals surface area contributed by atoms with Crippen molar-refractivity contribution < 1.29 is 41.7 Å². The molecule has 4 aliphatic rings. The molecule has 2 aromatic carbocycles. The summed E-state index contributed by atoms with van der Waals surface area (Å²) in [7, 11) is 2.81. The van der Waals surface area contributed by atoms with Gasteiger partial charge in [-0.15, -0.1) is 0 Å². The van der Waals surface area contributed by atoms with Gasteiger partial charge in [0.25, 0.3) is 0 Å². The first-order valence-corrected chi connectivity index (χ1v) is 16.0. The number of amides is 1. The molecule has 3 aliphatic heterocycles. The van der Waals surface area contributed by atoms with Gasteiger partial charge in [-0.3, -0.25) is 14.5 Å². The van der Waals surface area contributed by atoms with Crippen molar-refractivity contribution in [3.05, 3.63) is 59.2 Å². The number of anilines is 1. The fourth-order valence-electron chi connectivity index (χ4n) is 7.71. The van der Waals surface area contributed by atoms with Gasteiger partial charge in [-0.05, 0) is 61.1 Å². The van der Waals surface area contributed by atoms with Crippen LogP contribution in [0.4, 0.5) is 23.2 Å². The fraction of sp³-hybridized carbons (Fsp3) is 0.588. The number of ether oxygens (including phenoxy) is 2. The number of alkyl halides is 4. The monoisotopic (exact) mass is 647 g/mol. The van der Waals surface area contributed by atoms with Gasteiger partial charge in [0.1, 0.15) is 5.75 Å². The maximum Gasteiger partial charge on any atom is 0.416 e. The van der Waals surface area contributed by atoms with Crippen LogP contribution in [0.15, 0.2) is 42.5 Å². The summed E-state index contributed by atoms with van der Waals surface area (Å²) in [6.45, 7) is 1.31. The summed E-state index contributed by atoms with van der Waals surface area (Å²) in [5.74, 6) is -4.90. The molecule has 1 N–H and O–H groups in total. The molecule has 1 aliphatic carbocycles. The molecule has 2 aromatic rings. The lowest BCUT2D eigenvalue weighted by atomic mass is 9.87. The van der Waals surface area contributed by atoms with Gasteiger partial charge in [-0.2, -0.15) is 13.2 Å². The number of hydrogen-bond acceptors (Lipinski definition) is 6. The topological polar surface area (TPSA) is 82.6 Å². The molecule has 3 saturated heterocycles. The van der Waals surface area contributed by atoms with Crippen molar-refractivity contribution in [2.75, 3.05) is 58.4 Å². The molecule has 0 aromatic heterocycles. The SMILES string of the molecule is COc1ccc([C@@H]2CN(C3CCC3)C[C@H]2C(=O)N2C[C@H](c3ccc(C(F)(F)F)cc3N3CCC(C(=O)O)CC3)[C@@](F)(OC)C2)cc1. The van der Waals surface area contributed by atoms with E-state index in [4.69, 9.17) is 9.47 Å². The Morgan fingerprint density at radius 3 is 2.22 bits per heavy atom. The highest BCUT2D eigenvalue weighted by Crippen LogP contribution is 2.47. The van der Waals surface area contributed by atoms with Crippen molar-refractivity contribution >= 4 is 17.6 Å². The molecule has 0 bridgehead atoms. The van der Waals surface area contributed by atoms with E-state index in [0.717, 1.165) is 37.0 Å². The number of carbonyl (C=O) groups is 2. The van der Waals surface area contributed by atoms with Gasteiger partial charge in [-0.25, -0.2) is 4.39 Å². The number of rotatable bonds is 8. The van der Waals surface area contributed by atoms with Crippen LogP contribution in [0.25, 0.3) is 0 Å². The molecule has 0 unspecified atom stereocenters. The molecule has 4 fully saturated rings. The zero-order chi connectivity index (χ0) is 32.8. The predicted molar refractivity (Wildman–Crippen MR) is 163 cm³/mol. The second kappa shape index (κ2) is 12.7. The van der Waals surface area contributed by atoms with Crippen LogP contribution in [-0.4, -0.2) is 92.2 Å². The van der Waals surface area contributed by atoms with Crippen molar-refractivity contribution in [3.63, 3.8) is 0 Å². The average molecular weight is 648 g/mol. The minimum atomic E-state index is -4.62. The van der Waals surface area contributed by atoms with Crippen LogP contribution in [0.1, 0.15) is 60.6 Å². The van der Waals surface area contributed by atoms with Gasteiger partial charge >= 0.3 is 12.1 Å². The molecule has 0 radical (unpaired) electrons. The Kier molecular flexibility index (Phi) is 8.97. The maximum absolute atomic E-state index is 16.8. The van der Waals surface area contributed by atoms with E-state index in [-0.39, 0.29) is 56.5 Å². The Hall–Kier alpha value is -3.38. The van der Waals surface area contributed by atoms with E-state index in [1.807, 2.05) is 24.3 Å². The third-order valence-electron chi connectivity index (χ3n) is 10.7. The van der Waals surface area contributed by atoms with Crippen LogP contribution in [0, 0.1) is 11.8 Å². The largest absolute Gasteiger partial charge is 0.497 e. The minimum Gasteiger partial charge on any atom is -0.497 e. The summed E-state index contributed by atoms with van der Waals surface area (Å²) in [4.78, 5) is 31.4. The van der Waals surface area contributed by atoms with Crippen LogP contribution in [0.3, 0.4) is 0 Å². The first kappa shape index (κ1) is 32.6. The lowest BCUT2D eigenvalue weighted by molar-refractivity contribution is -0.143. The lowest BCUT2D eigenvalue weighted by Gasteiger charge is -2.36. The molecule has 12 heteroatoms. The molecular formula is C34H41F4N3O5. The van der Waals surface area contributed by atoms with E-state index in [9.17, 15) is 27.9 Å². The molecule has 8 nitrogen and oxygen atoms in total. The van der Waals surface area contributed by atoms with E-state index in [1.54, 1.807) is 12.0 Å². The maximum atomic E-state index is 16.8. The second-order valence-electron chi connectivity index (χ2n) is 13.2. The minimum absolute atomic E-state index is 0.0532. The molecule has 6 rings (SSSR count). The second-order valence-corrected chi connectivity index (χ2v) is 13.2. The number of piperidine rings is 1. The van der Waals surface area contributed by atoms with Crippen molar-refractivity contribution in [3.8, 4) is 5.75 Å². The third kappa shape index (κ3) is 6.17. The number of halogens is 4. The standard InChI is InChI=1S/C34H41F4N3O5/c1-45-25-9-6-21(7-10-25)27-17-40(24-4-3-5-24)18-28(27)31(42)41-19-29(33(35,20-41)46-2)26-11-8-23(34(36,37)38)16-30(26)39-14-12-22(13-15-39)32(43)44/h6-11,16,22,24,27-29H,3-5,12-15,17-20H2,1-2H3,(H,43,44)/t27-,28+,29+,33-/m0/s1. The van der Waals surface area contributed by atoms with Gasteiger partial charge in [0.2, 0.25) is 11.8 Å². The highest BCUT2D eigenvalue weighted by atomic mass is 19.4. The summed E-state index contributed by atoms with van der Waals surface area (Å²) in [6.07, 6.45) is -0.778. The first-order chi connectivity index (χ1) is 21.9. The van der Waals surface area contributed by atoms with E-state index in [0.29, 0.717) is 30.4 Å². The predicted octanol–water partition coefficient (Wildman–Crippen LogP) is 5.52. The number of nitrogens with zero attached hydrogens (tertiary/aromatic N) is 3. The molecule has 0 spiro atoms. The summed E-state index contributed by atoms with van der Waals surface area (Å²) in [6, 6.07) is 11.4. The number of hydrogen-bond donors (Lipinski definition) is 1. The highest BCUT2D eigenvalue weighted by Gasteiger charge is 2.54. The highest BCUT2D eigenvalue weighted by molar-refractivity contribution is 5.81. The summed E-state index contributed by atoms with van der Waals surface area (Å²) >= 11 is 0. The third-order valence-corrected chi connectivity index (χ3v) is 10.7. The molecule has 250 valence electrons.